The zero-order valence-corrected chi connectivity index (χ0v) is 13.9. The van der Waals surface area contributed by atoms with Crippen molar-refractivity contribution in [1.82, 2.24) is 0 Å². The van der Waals surface area contributed by atoms with Gasteiger partial charge in [-0.1, -0.05) is 36.4 Å². The Balaban J connectivity index is 2.04. The van der Waals surface area contributed by atoms with Crippen LogP contribution in [0.25, 0.3) is 10.9 Å². The molecule has 1 aromatic heterocycles. The highest BCUT2D eigenvalue weighted by Crippen LogP contribution is 2.26. The van der Waals surface area contributed by atoms with E-state index in [9.17, 15) is 4.79 Å². The van der Waals surface area contributed by atoms with E-state index in [1.54, 1.807) is 6.20 Å². The summed E-state index contributed by atoms with van der Waals surface area (Å²) in [5.74, 6) is -0.326. The Morgan fingerprint density at radius 3 is 2.71 bits per heavy atom. The van der Waals surface area contributed by atoms with E-state index >= 15 is 0 Å². The van der Waals surface area contributed by atoms with Crippen LogP contribution in [0.1, 0.15) is 28.4 Å². The van der Waals surface area contributed by atoms with Gasteiger partial charge < -0.3 is 10.1 Å². The Bertz CT molecular complexity index is 860. The van der Waals surface area contributed by atoms with Crippen molar-refractivity contribution in [2.75, 3.05) is 11.9 Å². The number of fused-ring (bicyclic) bond motifs is 1. The number of ether oxygens (including phenoxy) is 1. The van der Waals surface area contributed by atoms with Crippen molar-refractivity contribution < 1.29 is 14.5 Å². The molecule has 0 atom stereocenters. The van der Waals surface area contributed by atoms with Crippen LogP contribution in [-0.4, -0.2) is 12.6 Å². The first-order chi connectivity index (χ1) is 11.7. The minimum absolute atomic E-state index is 0.326. The Morgan fingerprint density at radius 1 is 1.17 bits per heavy atom. The number of aryl methyl sites for hydroxylation is 1. The molecule has 0 aliphatic rings. The first kappa shape index (κ1) is 16.0. The maximum absolute atomic E-state index is 12.3. The lowest BCUT2D eigenvalue weighted by molar-refractivity contribution is -0.344. The van der Waals surface area contributed by atoms with E-state index in [1.165, 1.54) is 0 Å². The molecule has 3 rings (SSSR count). The van der Waals surface area contributed by atoms with Gasteiger partial charge in [-0.05, 0) is 31.0 Å². The molecule has 0 saturated heterocycles. The summed E-state index contributed by atoms with van der Waals surface area (Å²) in [4.78, 5) is 15.5. The molecule has 0 radical (unpaired) electrons. The second-order valence-corrected chi connectivity index (χ2v) is 5.69. The van der Waals surface area contributed by atoms with Crippen molar-refractivity contribution in [3.8, 4) is 0 Å². The van der Waals surface area contributed by atoms with Crippen LogP contribution < -0.4 is 10.3 Å². The van der Waals surface area contributed by atoms with Gasteiger partial charge in [0.15, 0.2) is 6.20 Å². The molecule has 4 nitrogen and oxygen atoms in total. The summed E-state index contributed by atoms with van der Waals surface area (Å²) in [6.45, 7) is 4.84. The minimum Gasteiger partial charge on any atom is -0.462 e. The topological polar surface area (TPSA) is 52.5 Å². The number of aromatic nitrogens is 1. The summed E-state index contributed by atoms with van der Waals surface area (Å²) in [7, 11) is 0. The number of pyridine rings is 1. The molecule has 4 heteroatoms. The van der Waals surface area contributed by atoms with Gasteiger partial charge in [0, 0.05) is 12.6 Å². The summed E-state index contributed by atoms with van der Waals surface area (Å²) in [6, 6.07) is 16.2. The van der Waals surface area contributed by atoms with Gasteiger partial charge in [0.2, 0.25) is 5.52 Å². The van der Waals surface area contributed by atoms with Crippen molar-refractivity contribution >= 4 is 22.6 Å². The summed E-state index contributed by atoms with van der Waals surface area (Å²) in [6.07, 6.45) is 1.71. The number of hydrogen-bond acceptors (Lipinski definition) is 3. The summed E-state index contributed by atoms with van der Waals surface area (Å²) in [5.41, 5.74) is 4.59. The number of hydrogen-bond donors (Lipinski definition) is 1. The van der Waals surface area contributed by atoms with E-state index in [-0.39, 0.29) is 5.97 Å². The second-order valence-electron chi connectivity index (χ2n) is 5.69. The van der Waals surface area contributed by atoms with Gasteiger partial charge in [0.25, 0.3) is 0 Å². The summed E-state index contributed by atoms with van der Waals surface area (Å²) < 4.78 is 5.20. The third kappa shape index (κ3) is 3.38. The zero-order valence-electron chi connectivity index (χ0n) is 13.9. The number of carbonyl (C=O) groups is 1. The van der Waals surface area contributed by atoms with Crippen molar-refractivity contribution in [2.45, 2.75) is 20.4 Å². The standard InChI is InChI=1S/C20H20N2O2/c1-3-24-20(23)17-13-21-18-10-9-14(2)11-16(18)19(17)22-12-15-7-5-4-6-8-15/h4-11,13H,3,12H2,1-2H3,(H,21,22)/p+1. The number of esters is 1. The van der Waals surface area contributed by atoms with Gasteiger partial charge in [-0.2, -0.15) is 0 Å². The van der Waals surface area contributed by atoms with Crippen LogP contribution in [0.3, 0.4) is 0 Å². The van der Waals surface area contributed by atoms with E-state index < -0.39 is 0 Å². The maximum atomic E-state index is 12.3. The van der Waals surface area contributed by atoms with Crippen LogP contribution in [0, 0.1) is 6.92 Å². The smallest absolute Gasteiger partial charge is 0.346 e. The van der Waals surface area contributed by atoms with Crippen LogP contribution >= 0.6 is 0 Å². The van der Waals surface area contributed by atoms with Crippen LogP contribution in [0.15, 0.2) is 54.7 Å². The summed E-state index contributed by atoms with van der Waals surface area (Å²) in [5, 5.41) is 4.40. The molecule has 0 aliphatic heterocycles. The summed E-state index contributed by atoms with van der Waals surface area (Å²) >= 11 is 0. The molecule has 2 N–H and O–H groups in total. The first-order valence-electron chi connectivity index (χ1n) is 8.09. The first-order valence-corrected chi connectivity index (χ1v) is 8.09. The molecule has 0 aliphatic carbocycles. The third-order valence-corrected chi connectivity index (χ3v) is 3.89. The third-order valence-electron chi connectivity index (χ3n) is 3.89. The normalized spacial score (nSPS) is 10.6. The van der Waals surface area contributed by atoms with E-state index in [4.69, 9.17) is 4.74 Å². The van der Waals surface area contributed by atoms with Crippen LogP contribution in [0.4, 0.5) is 5.69 Å². The molecule has 0 saturated carbocycles. The van der Waals surface area contributed by atoms with Crippen molar-refractivity contribution in [3.05, 3.63) is 71.4 Å². The predicted octanol–water partition coefficient (Wildman–Crippen LogP) is 3.75. The molecule has 0 bridgehead atoms. The molecule has 3 aromatic rings. The lowest BCUT2D eigenvalue weighted by atomic mass is 10.1. The molecule has 2 aromatic carbocycles. The molecule has 1 heterocycles. The Morgan fingerprint density at radius 2 is 1.96 bits per heavy atom. The van der Waals surface area contributed by atoms with Gasteiger partial charge in [-0.3, -0.25) is 0 Å². The monoisotopic (exact) mass is 321 g/mol. The lowest BCUT2D eigenvalue weighted by Crippen LogP contribution is -2.16. The SMILES string of the molecule is CCOC(=O)c1c[nH+]c2ccc(C)cc2c1NCc1ccccc1. The van der Waals surface area contributed by atoms with Gasteiger partial charge in [-0.25, -0.2) is 9.78 Å². The fourth-order valence-electron chi connectivity index (χ4n) is 2.70. The molecule has 0 spiro atoms. The molecule has 122 valence electrons. The molecular formula is C20H21N2O2+. The predicted molar refractivity (Wildman–Crippen MR) is 95.0 cm³/mol. The Labute approximate surface area is 141 Å². The number of benzene rings is 2. The van der Waals surface area contributed by atoms with Gasteiger partial charge in [0.1, 0.15) is 5.56 Å². The molecule has 24 heavy (non-hydrogen) atoms. The van der Waals surface area contributed by atoms with Crippen molar-refractivity contribution in [1.29, 1.82) is 0 Å². The van der Waals surface area contributed by atoms with E-state index in [1.807, 2.05) is 44.2 Å². The number of nitrogens with one attached hydrogen (secondary N) is 2. The minimum atomic E-state index is -0.326. The lowest BCUT2D eigenvalue weighted by Gasteiger charge is -2.12. The Hall–Kier alpha value is -2.88. The number of rotatable bonds is 5. The van der Waals surface area contributed by atoms with Crippen molar-refractivity contribution in [3.63, 3.8) is 0 Å². The second kappa shape index (κ2) is 7.13. The maximum Gasteiger partial charge on any atom is 0.346 e. The van der Waals surface area contributed by atoms with E-state index in [0.717, 1.165) is 27.7 Å². The fourth-order valence-corrected chi connectivity index (χ4v) is 2.70. The average molecular weight is 321 g/mol. The quantitative estimate of drug-likeness (QED) is 0.728. The fraction of sp³-hybridized carbons (Fsp3) is 0.200. The largest absolute Gasteiger partial charge is 0.462 e. The van der Waals surface area contributed by atoms with Crippen molar-refractivity contribution in [2.24, 2.45) is 0 Å². The highest BCUT2D eigenvalue weighted by atomic mass is 16.5. The van der Waals surface area contributed by atoms with Crippen LogP contribution in [0.2, 0.25) is 0 Å². The van der Waals surface area contributed by atoms with Crippen LogP contribution in [0.5, 0.6) is 0 Å². The highest BCUT2D eigenvalue weighted by Gasteiger charge is 2.20. The number of carbonyl (C=O) groups excluding carboxylic acids is 1. The number of aromatic amines is 1. The number of anilines is 1. The van der Waals surface area contributed by atoms with Gasteiger partial charge in [0.05, 0.1) is 17.7 Å². The molecular weight excluding hydrogens is 300 g/mol. The highest BCUT2D eigenvalue weighted by molar-refractivity contribution is 6.03. The van der Waals surface area contributed by atoms with E-state index in [2.05, 4.69) is 28.5 Å². The molecule has 0 unspecified atom stereocenters. The molecule has 0 fully saturated rings. The number of H-pyrrole nitrogens is 1. The van der Waals surface area contributed by atoms with Crippen LogP contribution in [-0.2, 0) is 11.3 Å². The van der Waals surface area contributed by atoms with Gasteiger partial charge in [-0.15, -0.1) is 0 Å². The molecule has 0 amide bonds. The Kier molecular flexibility index (Phi) is 4.75. The van der Waals surface area contributed by atoms with E-state index in [0.29, 0.717) is 18.7 Å². The van der Waals surface area contributed by atoms with Gasteiger partial charge >= 0.3 is 5.97 Å². The average Bonchev–Trinajstić information content (AvgIpc) is 2.60. The zero-order chi connectivity index (χ0) is 16.9.